The third-order valence-corrected chi connectivity index (χ3v) is 4.76. The van der Waals surface area contributed by atoms with Crippen molar-refractivity contribution in [2.45, 2.75) is 17.6 Å². The molecule has 0 saturated heterocycles. The van der Waals surface area contributed by atoms with E-state index in [0.717, 1.165) is 10.7 Å². The van der Waals surface area contributed by atoms with Crippen molar-refractivity contribution in [2.75, 3.05) is 0 Å². The summed E-state index contributed by atoms with van der Waals surface area (Å²) >= 11 is 8.91. The summed E-state index contributed by atoms with van der Waals surface area (Å²) in [5.41, 5.74) is 4.03. The van der Waals surface area contributed by atoms with Gasteiger partial charge in [-0.2, -0.15) is 0 Å². The number of hydrogen-bond acceptors (Lipinski definition) is 1. The Morgan fingerprint density at radius 1 is 1.06 bits per heavy atom. The third kappa shape index (κ3) is 2.58. The van der Waals surface area contributed by atoms with Gasteiger partial charge in [0.25, 0.3) is 0 Å². The topological polar surface area (TPSA) is 0 Å². The van der Waals surface area contributed by atoms with Gasteiger partial charge in [-0.15, -0.1) is 11.3 Å². The van der Waals surface area contributed by atoms with Crippen LogP contribution in [0.25, 0.3) is 10.4 Å². The fourth-order valence-electron chi connectivity index (χ4n) is 1.63. The molecule has 16 heavy (non-hydrogen) atoms. The van der Waals surface area contributed by atoms with Crippen LogP contribution < -0.4 is 0 Å². The molecular weight excluding hydrogens is 348 g/mol. The first-order valence-electron chi connectivity index (χ1n) is 5.05. The normalized spacial score (nSPS) is 10.7. The maximum absolute atomic E-state index is 3.55. The molecule has 1 aromatic carbocycles. The Balaban J connectivity index is 2.52. The Kier molecular flexibility index (Phi) is 4.22. The largest absolute Gasteiger partial charge is 0.141 e. The molecule has 84 valence electrons. The van der Waals surface area contributed by atoms with Crippen molar-refractivity contribution in [2.24, 2.45) is 0 Å². The summed E-state index contributed by atoms with van der Waals surface area (Å²) in [5.74, 6) is 0. The zero-order valence-electron chi connectivity index (χ0n) is 8.97. The van der Waals surface area contributed by atoms with E-state index in [4.69, 9.17) is 0 Å². The van der Waals surface area contributed by atoms with Crippen LogP contribution in [0.2, 0.25) is 0 Å². The summed E-state index contributed by atoms with van der Waals surface area (Å²) in [6, 6.07) is 11.0. The number of alkyl halides is 2. The first-order chi connectivity index (χ1) is 7.74. The van der Waals surface area contributed by atoms with Crippen molar-refractivity contribution in [3.8, 4) is 10.4 Å². The molecule has 0 unspecified atom stereocenters. The van der Waals surface area contributed by atoms with Gasteiger partial charge in [0.05, 0.1) is 0 Å². The van der Waals surface area contributed by atoms with E-state index >= 15 is 0 Å². The molecular formula is C13H12Br2S. The van der Waals surface area contributed by atoms with Gasteiger partial charge in [0, 0.05) is 20.4 Å². The maximum Gasteiger partial charge on any atom is 0.0348 e. The summed E-state index contributed by atoms with van der Waals surface area (Å²) in [5, 5.41) is 1.81. The Labute approximate surface area is 117 Å². The van der Waals surface area contributed by atoms with Gasteiger partial charge in [-0.3, -0.25) is 0 Å². The van der Waals surface area contributed by atoms with Gasteiger partial charge in [0.1, 0.15) is 0 Å². The van der Waals surface area contributed by atoms with Gasteiger partial charge in [-0.1, -0.05) is 44.0 Å². The molecule has 0 radical (unpaired) electrons. The van der Waals surface area contributed by atoms with Crippen LogP contribution in [0.4, 0.5) is 0 Å². The summed E-state index contributed by atoms with van der Waals surface area (Å²) in [6.45, 7) is 2.15. The van der Waals surface area contributed by atoms with Crippen molar-refractivity contribution in [1.29, 1.82) is 0 Å². The van der Waals surface area contributed by atoms with E-state index in [0.29, 0.717) is 0 Å². The number of benzene rings is 1. The lowest BCUT2D eigenvalue weighted by atomic mass is 10.0. The van der Waals surface area contributed by atoms with Crippen molar-refractivity contribution >= 4 is 43.2 Å². The van der Waals surface area contributed by atoms with Crippen LogP contribution in [0.5, 0.6) is 0 Å². The van der Waals surface area contributed by atoms with E-state index < -0.39 is 0 Å². The van der Waals surface area contributed by atoms with E-state index in [9.17, 15) is 0 Å². The second kappa shape index (κ2) is 5.48. The van der Waals surface area contributed by atoms with E-state index in [1.165, 1.54) is 26.4 Å². The number of rotatable bonds is 3. The average Bonchev–Trinajstić information content (AvgIpc) is 2.75. The summed E-state index contributed by atoms with van der Waals surface area (Å²) in [7, 11) is 0. The average molecular weight is 360 g/mol. The Morgan fingerprint density at radius 2 is 1.88 bits per heavy atom. The molecule has 0 bridgehead atoms. The van der Waals surface area contributed by atoms with Crippen LogP contribution in [0, 0.1) is 6.92 Å². The minimum atomic E-state index is 0.905. The second-order valence-electron chi connectivity index (χ2n) is 3.67. The number of aryl methyl sites for hydroxylation is 1. The highest BCUT2D eigenvalue weighted by molar-refractivity contribution is 9.08. The highest BCUT2D eigenvalue weighted by atomic mass is 79.9. The molecule has 0 aliphatic carbocycles. The van der Waals surface area contributed by atoms with Gasteiger partial charge in [-0.25, -0.2) is 0 Å². The van der Waals surface area contributed by atoms with Crippen LogP contribution in [0.1, 0.15) is 16.0 Å². The van der Waals surface area contributed by atoms with E-state index in [-0.39, 0.29) is 0 Å². The van der Waals surface area contributed by atoms with Crippen molar-refractivity contribution in [1.82, 2.24) is 0 Å². The minimum absolute atomic E-state index is 0.905. The second-order valence-corrected chi connectivity index (χ2v) is 6.08. The summed E-state index contributed by atoms with van der Waals surface area (Å²) < 4.78 is 0. The molecule has 2 aromatic rings. The van der Waals surface area contributed by atoms with Crippen molar-refractivity contribution in [3.63, 3.8) is 0 Å². The van der Waals surface area contributed by atoms with Crippen molar-refractivity contribution < 1.29 is 0 Å². The number of hydrogen-bond donors (Lipinski definition) is 0. The number of halogens is 2. The number of thiophene rings is 1. The highest BCUT2D eigenvalue weighted by Crippen LogP contribution is 2.32. The molecule has 0 nitrogen and oxygen atoms in total. The molecule has 0 aliphatic rings. The third-order valence-electron chi connectivity index (χ3n) is 2.48. The lowest BCUT2D eigenvalue weighted by Gasteiger charge is -2.07. The minimum Gasteiger partial charge on any atom is -0.141 e. The first kappa shape index (κ1) is 12.3. The van der Waals surface area contributed by atoms with Gasteiger partial charge >= 0.3 is 0 Å². The Hall–Kier alpha value is -0.120. The predicted molar refractivity (Wildman–Crippen MR) is 79.8 cm³/mol. The van der Waals surface area contributed by atoms with E-state index in [2.05, 4.69) is 69.1 Å². The molecule has 0 spiro atoms. The SMILES string of the molecule is Cc1ccc(-c2cc(CBr)ccc2CBr)s1. The fourth-order valence-corrected chi connectivity index (χ4v) is 3.39. The molecule has 1 aromatic heterocycles. The highest BCUT2D eigenvalue weighted by Gasteiger charge is 2.07. The molecule has 0 N–H and O–H groups in total. The Morgan fingerprint density at radius 3 is 2.44 bits per heavy atom. The molecule has 1 heterocycles. The molecule has 0 saturated carbocycles. The fraction of sp³-hybridized carbons (Fsp3) is 0.231. The molecule has 0 fully saturated rings. The molecule has 0 atom stereocenters. The van der Waals surface area contributed by atoms with Gasteiger partial charge in [0.2, 0.25) is 0 Å². The van der Waals surface area contributed by atoms with Crippen LogP contribution >= 0.6 is 43.2 Å². The van der Waals surface area contributed by atoms with Crippen LogP contribution in [0.15, 0.2) is 30.3 Å². The lowest BCUT2D eigenvalue weighted by molar-refractivity contribution is 1.37. The Bertz CT molecular complexity index is 488. The molecule has 3 heteroatoms. The predicted octanol–water partition coefficient (Wildman–Crippen LogP) is 5.51. The quantitative estimate of drug-likeness (QED) is 0.633. The van der Waals surface area contributed by atoms with Crippen LogP contribution in [-0.4, -0.2) is 0 Å². The zero-order chi connectivity index (χ0) is 11.5. The lowest BCUT2D eigenvalue weighted by Crippen LogP contribution is -1.86. The smallest absolute Gasteiger partial charge is 0.0348 e. The van der Waals surface area contributed by atoms with Crippen LogP contribution in [0.3, 0.4) is 0 Å². The van der Waals surface area contributed by atoms with E-state index in [1.807, 2.05) is 11.3 Å². The zero-order valence-corrected chi connectivity index (χ0v) is 13.0. The molecule has 0 aliphatic heterocycles. The summed E-state index contributed by atoms with van der Waals surface area (Å²) in [4.78, 5) is 2.72. The monoisotopic (exact) mass is 358 g/mol. The molecule has 2 rings (SSSR count). The molecule has 0 amide bonds. The van der Waals surface area contributed by atoms with Crippen molar-refractivity contribution in [3.05, 3.63) is 46.3 Å². The van der Waals surface area contributed by atoms with Gasteiger partial charge < -0.3 is 0 Å². The van der Waals surface area contributed by atoms with Crippen LogP contribution in [-0.2, 0) is 10.7 Å². The standard InChI is InChI=1S/C13H12Br2S/c1-9-2-5-13(16-9)12-6-10(7-14)3-4-11(12)8-15/h2-6H,7-8H2,1H3. The van der Waals surface area contributed by atoms with E-state index in [1.54, 1.807) is 0 Å². The maximum atomic E-state index is 3.55. The van der Waals surface area contributed by atoms with Gasteiger partial charge in [-0.05, 0) is 41.8 Å². The summed E-state index contributed by atoms with van der Waals surface area (Å²) in [6.07, 6.45) is 0. The van der Waals surface area contributed by atoms with Gasteiger partial charge in [0.15, 0.2) is 0 Å². The first-order valence-corrected chi connectivity index (χ1v) is 8.11.